The molecule has 3 aliphatic rings. The highest BCUT2D eigenvalue weighted by atomic mass is 15.1. The van der Waals surface area contributed by atoms with Crippen LogP contribution < -0.4 is 21.3 Å². The summed E-state index contributed by atoms with van der Waals surface area (Å²) >= 11 is 0. The Balaban J connectivity index is 1.56. The molecule has 0 aromatic carbocycles. The standard InChI is InChI=1S/C23H39N5/c1-16-18-12-7-13-19(28-18)17(2)27-23-11-6-4-9-21(23)25-15-14-24-20-8-3-5-10-22(20)26-16/h7,12-13,16-17,20-27H,3-6,8-11,14-15H2,1-2H3/t16-,17-,20+,21?,22+,23+/m1/s1. The van der Waals surface area contributed by atoms with Crippen molar-refractivity contribution in [2.45, 2.75) is 101 Å². The SMILES string of the molecule is C[C@H]1N[C@H]2CCCCC2NCCN[C@H]2CCCC[C@@H]2N[C@H](C)c2cccc1n2. The Bertz CT molecular complexity index is 572. The van der Waals surface area contributed by atoms with E-state index >= 15 is 0 Å². The zero-order valence-corrected chi connectivity index (χ0v) is 17.7. The second kappa shape index (κ2) is 9.66. The van der Waals surface area contributed by atoms with Crippen molar-refractivity contribution in [2.75, 3.05) is 13.1 Å². The van der Waals surface area contributed by atoms with Crippen molar-refractivity contribution in [3.05, 3.63) is 29.6 Å². The first-order chi connectivity index (χ1) is 13.7. The van der Waals surface area contributed by atoms with Crippen LogP contribution in [0.15, 0.2) is 18.2 Å². The number of hydrogen-bond donors (Lipinski definition) is 4. The smallest absolute Gasteiger partial charge is 0.0574 e. The van der Waals surface area contributed by atoms with E-state index in [0.29, 0.717) is 24.2 Å². The predicted octanol–water partition coefficient (Wildman–Crippen LogP) is 3.20. The van der Waals surface area contributed by atoms with E-state index in [1.165, 1.54) is 62.8 Å². The summed E-state index contributed by atoms with van der Waals surface area (Å²) in [6.45, 7) is 6.66. The van der Waals surface area contributed by atoms with Gasteiger partial charge < -0.3 is 21.3 Å². The lowest BCUT2D eigenvalue weighted by molar-refractivity contribution is 0.254. The van der Waals surface area contributed by atoms with Crippen molar-refractivity contribution >= 4 is 0 Å². The third-order valence-corrected chi connectivity index (χ3v) is 7.08. The van der Waals surface area contributed by atoms with Gasteiger partial charge in [-0.05, 0) is 51.7 Å². The van der Waals surface area contributed by atoms with E-state index < -0.39 is 0 Å². The lowest BCUT2D eigenvalue weighted by Gasteiger charge is -2.36. The molecule has 1 aromatic rings. The van der Waals surface area contributed by atoms with Crippen LogP contribution in [-0.4, -0.2) is 42.2 Å². The van der Waals surface area contributed by atoms with Gasteiger partial charge in [-0.15, -0.1) is 0 Å². The van der Waals surface area contributed by atoms with E-state index in [2.05, 4.69) is 53.3 Å². The van der Waals surface area contributed by atoms with Crippen LogP contribution in [0.4, 0.5) is 0 Å². The molecule has 0 amide bonds. The normalized spacial score (nSPS) is 37.8. The molecule has 156 valence electrons. The van der Waals surface area contributed by atoms with Gasteiger partial charge in [-0.1, -0.05) is 31.7 Å². The van der Waals surface area contributed by atoms with Crippen LogP contribution >= 0.6 is 0 Å². The number of nitrogens with zero attached hydrogens (tertiary/aromatic N) is 1. The molecule has 0 spiro atoms. The minimum absolute atomic E-state index is 0.283. The summed E-state index contributed by atoms with van der Waals surface area (Å²) in [4.78, 5) is 5.06. The molecule has 0 saturated heterocycles. The molecule has 5 nitrogen and oxygen atoms in total. The Labute approximate surface area is 170 Å². The van der Waals surface area contributed by atoms with E-state index in [-0.39, 0.29) is 12.1 Å². The Morgan fingerprint density at radius 1 is 0.679 bits per heavy atom. The van der Waals surface area contributed by atoms with Crippen molar-refractivity contribution in [1.29, 1.82) is 0 Å². The Morgan fingerprint density at radius 2 is 1.11 bits per heavy atom. The molecule has 1 unspecified atom stereocenters. The van der Waals surface area contributed by atoms with Gasteiger partial charge in [0.1, 0.15) is 0 Å². The molecule has 28 heavy (non-hydrogen) atoms. The van der Waals surface area contributed by atoms with E-state index in [9.17, 15) is 0 Å². The number of nitrogens with one attached hydrogen (secondary N) is 4. The zero-order chi connectivity index (χ0) is 19.3. The third kappa shape index (κ3) is 4.93. The zero-order valence-electron chi connectivity index (χ0n) is 17.7. The monoisotopic (exact) mass is 385 g/mol. The fraction of sp³-hybridized carbons (Fsp3) is 0.783. The number of pyridine rings is 1. The highest BCUT2D eigenvalue weighted by Crippen LogP contribution is 2.24. The molecule has 0 radical (unpaired) electrons. The van der Waals surface area contributed by atoms with Crippen molar-refractivity contribution in [3.63, 3.8) is 0 Å². The summed E-state index contributed by atoms with van der Waals surface area (Å²) in [5.74, 6) is 0. The molecule has 5 heteroatoms. The van der Waals surface area contributed by atoms with Crippen LogP contribution in [-0.2, 0) is 0 Å². The Kier molecular flexibility index (Phi) is 6.99. The van der Waals surface area contributed by atoms with Gasteiger partial charge in [0.05, 0.1) is 11.4 Å². The van der Waals surface area contributed by atoms with Crippen LogP contribution in [0.1, 0.15) is 88.7 Å². The average Bonchev–Trinajstić information content (AvgIpc) is 2.73. The van der Waals surface area contributed by atoms with Crippen molar-refractivity contribution in [1.82, 2.24) is 26.3 Å². The lowest BCUT2D eigenvalue weighted by Crippen LogP contribution is -2.54. The summed E-state index contributed by atoms with van der Waals surface area (Å²) in [7, 11) is 0. The fourth-order valence-corrected chi connectivity index (χ4v) is 5.43. The quantitative estimate of drug-likeness (QED) is 0.552. The van der Waals surface area contributed by atoms with Gasteiger partial charge in [-0.3, -0.25) is 4.98 Å². The van der Waals surface area contributed by atoms with Crippen LogP contribution in [0, 0.1) is 0 Å². The highest BCUT2D eigenvalue weighted by Gasteiger charge is 2.29. The summed E-state index contributed by atoms with van der Waals surface area (Å²) in [6.07, 6.45) is 10.4. The minimum Gasteiger partial charge on any atom is -0.311 e. The van der Waals surface area contributed by atoms with Crippen molar-refractivity contribution < 1.29 is 0 Å². The van der Waals surface area contributed by atoms with E-state index in [4.69, 9.17) is 4.98 Å². The van der Waals surface area contributed by atoms with Crippen molar-refractivity contribution in [2.24, 2.45) is 0 Å². The number of fused-ring (bicyclic) bond motifs is 4. The molecule has 6 atom stereocenters. The molecule has 1 aliphatic heterocycles. The van der Waals surface area contributed by atoms with E-state index in [1.807, 2.05) is 0 Å². The van der Waals surface area contributed by atoms with Crippen LogP contribution in [0.25, 0.3) is 0 Å². The maximum Gasteiger partial charge on any atom is 0.0574 e. The summed E-state index contributed by atoms with van der Waals surface area (Å²) < 4.78 is 0. The molecule has 2 aliphatic carbocycles. The molecule has 4 N–H and O–H groups in total. The molecule has 2 fully saturated rings. The molecule has 4 rings (SSSR count). The summed E-state index contributed by atoms with van der Waals surface area (Å²) in [6, 6.07) is 9.34. The second-order valence-corrected chi connectivity index (χ2v) is 9.17. The molecule has 2 bridgehead atoms. The topological polar surface area (TPSA) is 61.0 Å². The fourth-order valence-electron chi connectivity index (χ4n) is 5.43. The van der Waals surface area contributed by atoms with E-state index in [0.717, 1.165) is 13.1 Å². The third-order valence-electron chi connectivity index (χ3n) is 7.08. The van der Waals surface area contributed by atoms with Gasteiger partial charge in [0, 0.05) is 49.3 Å². The largest absolute Gasteiger partial charge is 0.311 e. The Hall–Kier alpha value is -1.01. The van der Waals surface area contributed by atoms with Gasteiger partial charge in [-0.2, -0.15) is 0 Å². The lowest BCUT2D eigenvalue weighted by atomic mass is 9.89. The molecular formula is C23H39N5. The molecule has 2 saturated carbocycles. The van der Waals surface area contributed by atoms with Crippen LogP contribution in [0.3, 0.4) is 0 Å². The van der Waals surface area contributed by atoms with Gasteiger partial charge >= 0.3 is 0 Å². The maximum atomic E-state index is 5.06. The second-order valence-electron chi connectivity index (χ2n) is 9.17. The molecule has 1 aromatic heterocycles. The summed E-state index contributed by atoms with van der Waals surface area (Å²) in [5.41, 5.74) is 2.34. The highest BCUT2D eigenvalue weighted by molar-refractivity contribution is 5.17. The molecule has 2 heterocycles. The van der Waals surface area contributed by atoms with Crippen LogP contribution in [0.5, 0.6) is 0 Å². The molecular weight excluding hydrogens is 346 g/mol. The first-order valence-electron chi connectivity index (χ1n) is 11.7. The Morgan fingerprint density at radius 3 is 1.57 bits per heavy atom. The van der Waals surface area contributed by atoms with Gasteiger partial charge in [0.2, 0.25) is 0 Å². The van der Waals surface area contributed by atoms with Gasteiger partial charge in [-0.25, -0.2) is 0 Å². The van der Waals surface area contributed by atoms with Gasteiger partial charge in [0.25, 0.3) is 0 Å². The first kappa shape index (κ1) is 20.3. The van der Waals surface area contributed by atoms with E-state index in [1.54, 1.807) is 0 Å². The van der Waals surface area contributed by atoms with Crippen molar-refractivity contribution in [3.8, 4) is 0 Å². The number of hydrogen-bond acceptors (Lipinski definition) is 5. The van der Waals surface area contributed by atoms with Crippen LogP contribution in [0.2, 0.25) is 0 Å². The van der Waals surface area contributed by atoms with Gasteiger partial charge in [0.15, 0.2) is 0 Å². The average molecular weight is 386 g/mol. The maximum absolute atomic E-state index is 5.06. The number of aromatic nitrogens is 1. The predicted molar refractivity (Wildman–Crippen MR) is 115 cm³/mol. The minimum atomic E-state index is 0.283. The number of rotatable bonds is 0. The first-order valence-corrected chi connectivity index (χ1v) is 11.7. The summed E-state index contributed by atoms with van der Waals surface area (Å²) in [5, 5.41) is 15.5.